The molecule has 1 unspecified atom stereocenters. The molecule has 0 amide bonds. The Kier molecular flexibility index (Phi) is 7.09. The first-order valence-corrected chi connectivity index (χ1v) is 13.1. The van der Waals surface area contributed by atoms with Gasteiger partial charge in [-0.05, 0) is 49.3 Å². The summed E-state index contributed by atoms with van der Waals surface area (Å²) in [7, 11) is 2.16. The van der Waals surface area contributed by atoms with Crippen molar-refractivity contribution in [3.63, 3.8) is 0 Å². The average Bonchev–Trinajstić information content (AvgIpc) is 3.20. The molecule has 1 saturated heterocycles. The molecule has 176 valence electrons. The first kappa shape index (κ1) is 22.6. The minimum Gasteiger partial charge on any atom is -0.379 e. The fourth-order valence-electron chi connectivity index (χ4n) is 4.88. The molecule has 1 aromatic carbocycles. The van der Waals surface area contributed by atoms with E-state index < -0.39 is 0 Å². The zero-order valence-electron chi connectivity index (χ0n) is 19.8. The van der Waals surface area contributed by atoms with E-state index >= 15 is 0 Å². The van der Waals surface area contributed by atoms with Crippen molar-refractivity contribution >= 4 is 33.1 Å². The second-order valence-electron chi connectivity index (χ2n) is 9.45. The topological polar surface area (TPSA) is 53.5 Å². The van der Waals surface area contributed by atoms with Gasteiger partial charge in [0.25, 0.3) is 0 Å². The molecule has 1 fully saturated rings. The molecule has 1 aliphatic heterocycles. The van der Waals surface area contributed by atoms with Gasteiger partial charge in [0.05, 0.1) is 25.1 Å². The minimum atomic E-state index is 0.760. The summed E-state index contributed by atoms with van der Waals surface area (Å²) >= 11 is 1.89. The van der Waals surface area contributed by atoms with E-state index in [0.717, 1.165) is 81.2 Å². The third kappa shape index (κ3) is 5.31. The second kappa shape index (κ2) is 10.4. The summed E-state index contributed by atoms with van der Waals surface area (Å²) in [4.78, 5) is 17.5. The Morgan fingerprint density at radius 3 is 2.82 bits per heavy atom. The van der Waals surface area contributed by atoms with Crippen molar-refractivity contribution in [3.05, 3.63) is 46.6 Å². The van der Waals surface area contributed by atoms with Crippen molar-refractivity contribution in [3.8, 4) is 0 Å². The van der Waals surface area contributed by atoms with E-state index in [-0.39, 0.29) is 0 Å². The van der Waals surface area contributed by atoms with Gasteiger partial charge < -0.3 is 15.0 Å². The van der Waals surface area contributed by atoms with Crippen LogP contribution in [0.4, 0.5) is 11.5 Å². The van der Waals surface area contributed by atoms with Gasteiger partial charge in [-0.25, -0.2) is 9.97 Å². The lowest BCUT2D eigenvalue weighted by atomic mass is 9.89. The van der Waals surface area contributed by atoms with Crippen LogP contribution < -0.4 is 10.2 Å². The molecule has 0 spiro atoms. The zero-order valence-corrected chi connectivity index (χ0v) is 20.7. The first-order chi connectivity index (χ1) is 16.2. The number of anilines is 2. The van der Waals surface area contributed by atoms with Crippen LogP contribution in [0.2, 0.25) is 0 Å². The predicted molar refractivity (Wildman–Crippen MR) is 138 cm³/mol. The molecule has 2 aliphatic rings. The molecule has 1 N–H and O–H groups in total. The number of aromatic nitrogens is 2. The van der Waals surface area contributed by atoms with Crippen molar-refractivity contribution in [2.75, 3.05) is 56.7 Å². The SMILES string of the molecule is CC1CCc2c(sc3nc(CN4CCOCC4)nc(NCCCN(C)c4ccccc4)c23)C1. The van der Waals surface area contributed by atoms with E-state index in [9.17, 15) is 0 Å². The molecule has 6 nitrogen and oxygen atoms in total. The average molecular weight is 466 g/mol. The molecular weight excluding hydrogens is 430 g/mol. The minimum absolute atomic E-state index is 0.760. The van der Waals surface area contributed by atoms with E-state index in [1.165, 1.54) is 34.4 Å². The molecular formula is C26H35N5OS. The number of nitrogens with zero attached hydrogens (tertiary/aromatic N) is 4. The standard InChI is InChI=1S/C26H35N5OS/c1-19-9-10-21-22(17-19)33-26-24(21)25(28-23(29-26)18-31-13-15-32-16-14-31)27-11-6-12-30(2)20-7-4-3-5-8-20/h3-5,7-8,19H,6,9-18H2,1-2H3,(H,27,28,29). The van der Waals surface area contributed by atoms with Crippen molar-refractivity contribution in [2.24, 2.45) is 5.92 Å². The maximum absolute atomic E-state index is 5.52. The van der Waals surface area contributed by atoms with Crippen LogP contribution in [0.5, 0.6) is 0 Å². The van der Waals surface area contributed by atoms with Crippen molar-refractivity contribution in [2.45, 2.75) is 39.2 Å². The first-order valence-electron chi connectivity index (χ1n) is 12.3. The molecule has 5 rings (SSSR count). The number of nitrogens with one attached hydrogen (secondary N) is 1. The molecule has 0 bridgehead atoms. The van der Waals surface area contributed by atoms with E-state index in [2.05, 4.69) is 59.4 Å². The monoisotopic (exact) mass is 465 g/mol. The number of benzene rings is 1. The fraction of sp³-hybridized carbons (Fsp3) is 0.538. The van der Waals surface area contributed by atoms with Crippen LogP contribution in [0.1, 0.15) is 36.0 Å². The number of fused-ring (bicyclic) bond motifs is 3. The van der Waals surface area contributed by atoms with Crippen LogP contribution in [0, 0.1) is 5.92 Å². The van der Waals surface area contributed by atoms with Gasteiger partial charge in [-0.2, -0.15) is 0 Å². The molecule has 1 atom stereocenters. The largest absolute Gasteiger partial charge is 0.379 e. The van der Waals surface area contributed by atoms with Gasteiger partial charge in [0.1, 0.15) is 16.5 Å². The number of hydrogen-bond donors (Lipinski definition) is 1. The summed E-state index contributed by atoms with van der Waals surface area (Å²) in [5.74, 6) is 2.73. The fourth-order valence-corrected chi connectivity index (χ4v) is 6.28. The molecule has 0 saturated carbocycles. The van der Waals surface area contributed by atoms with Gasteiger partial charge in [-0.15, -0.1) is 11.3 Å². The highest BCUT2D eigenvalue weighted by atomic mass is 32.1. The molecule has 0 radical (unpaired) electrons. The highest BCUT2D eigenvalue weighted by Gasteiger charge is 2.24. The van der Waals surface area contributed by atoms with Gasteiger partial charge in [0, 0.05) is 43.8 Å². The third-order valence-electron chi connectivity index (χ3n) is 6.83. The van der Waals surface area contributed by atoms with E-state index in [1.54, 1.807) is 0 Å². The highest BCUT2D eigenvalue weighted by molar-refractivity contribution is 7.19. The normalized spacial score (nSPS) is 18.9. The molecule has 2 aromatic heterocycles. The molecule has 1 aliphatic carbocycles. The van der Waals surface area contributed by atoms with Gasteiger partial charge in [-0.1, -0.05) is 25.1 Å². The molecule has 3 aromatic rings. The third-order valence-corrected chi connectivity index (χ3v) is 7.98. The lowest BCUT2D eigenvalue weighted by Crippen LogP contribution is -2.36. The quantitative estimate of drug-likeness (QED) is 0.491. The number of hydrogen-bond acceptors (Lipinski definition) is 7. The van der Waals surface area contributed by atoms with Crippen molar-refractivity contribution in [1.29, 1.82) is 0 Å². The molecule has 7 heteroatoms. The van der Waals surface area contributed by atoms with Gasteiger partial charge >= 0.3 is 0 Å². The molecule has 3 heterocycles. The smallest absolute Gasteiger partial charge is 0.146 e. The maximum Gasteiger partial charge on any atom is 0.146 e. The van der Waals surface area contributed by atoms with Gasteiger partial charge in [0.2, 0.25) is 0 Å². The number of thiophene rings is 1. The van der Waals surface area contributed by atoms with E-state index in [4.69, 9.17) is 14.7 Å². The summed E-state index contributed by atoms with van der Waals surface area (Å²) < 4.78 is 5.52. The second-order valence-corrected chi connectivity index (χ2v) is 10.5. The van der Waals surface area contributed by atoms with Crippen LogP contribution in [0.3, 0.4) is 0 Å². The summed E-state index contributed by atoms with van der Waals surface area (Å²) in [5.41, 5.74) is 2.76. The Hall–Kier alpha value is -2.22. The Labute approximate surface area is 201 Å². The van der Waals surface area contributed by atoms with Crippen molar-refractivity contribution < 1.29 is 4.74 Å². The highest BCUT2D eigenvalue weighted by Crippen LogP contribution is 2.40. The predicted octanol–water partition coefficient (Wildman–Crippen LogP) is 4.59. The Bertz CT molecular complexity index is 1060. The Balaban J connectivity index is 1.33. The Morgan fingerprint density at radius 1 is 1.18 bits per heavy atom. The van der Waals surface area contributed by atoms with Crippen LogP contribution in [0.25, 0.3) is 10.2 Å². The van der Waals surface area contributed by atoms with E-state index in [0.29, 0.717) is 0 Å². The maximum atomic E-state index is 5.52. The molecule has 33 heavy (non-hydrogen) atoms. The summed E-state index contributed by atoms with van der Waals surface area (Å²) in [5, 5.41) is 4.99. The van der Waals surface area contributed by atoms with Crippen LogP contribution in [-0.2, 0) is 24.1 Å². The summed E-state index contributed by atoms with van der Waals surface area (Å²) in [6.07, 6.45) is 4.64. The van der Waals surface area contributed by atoms with Crippen LogP contribution in [0.15, 0.2) is 30.3 Å². The zero-order chi connectivity index (χ0) is 22.6. The van der Waals surface area contributed by atoms with E-state index in [1.807, 2.05) is 11.3 Å². The summed E-state index contributed by atoms with van der Waals surface area (Å²) in [6, 6.07) is 10.6. The van der Waals surface area contributed by atoms with Crippen LogP contribution >= 0.6 is 11.3 Å². The number of rotatable bonds is 8. The van der Waals surface area contributed by atoms with Gasteiger partial charge in [-0.3, -0.25) is 4.90 Å². The number of para-hydroxylation sites is 1. The van der Waals surface area contributed by atoms with Gasteiger partial charge in [0.15, 0.2) is 0 Å². The number of ether oxygens (including phenoxy) is 1. The lowest BCUT2D eigenvalue weighted by molar-refractivity contribution is 0.0331. The Morgan fingerprint density at radius 2 is 2.00 bits per heavy atom. The number of morpholine rings is 1. The van der Waals surface area contributed by atoms with Crippen LogP contribution in [-0.4, -0.2) is 61.3 Å². The lowest BCUT2D eigenvalue weighted by Gasteiger charge is -2.26. The number of aryl methyl sites for hydroxylation is 1. The summed E-state index contributed by atoms with van der Waals surface area (Å²) in [6.45, 7) is 8.57. The van der Waals surface area contributed by atoms with Crippen molar-refractivity contribution in [1.82, 2.24) is 14.9 Å².